The number of hydrogen-bond acceptors (Lipinski definition) is 3. The fraction of sp³-hybridized carbons (Fsp3) is 0.364. The van der Waals surface area contributed by atoms with Crippen molar-refractivity contribution in [1.29, 1.82) is 0 Å². The van der Waals surface area contributed by atoms with Gasteiger partial charge in [-0.3, -0.25) is 4.79 Å². The van der Waals surface area contributed by atoms with Crippen molar-refractivity contribution in [3.63, 3.8) is 0 Å². The first-order valence-corrected chi connectivity index (χ1v) is 5.10. The maximum absolute atomic E-state index is 13.7. The van der Waals surface area contributed by atoms with Crippen LogP contribution in [0.3, 0.4) is 0 Å². The minimum Gasteiger partial charge on any atom is -0.497 e. The Morgan fingerprint density at radius 3 is 2.41 bits per heavy atom. The first-order chi connectivity index (χ1) is 8.04. The molecule has 0 radical (unpaired) electrons. The molecule has 92 valence electrons. The molecule has 6 heteroatoms. The van der Waals surface area contributed by atoms with E-state index in [2.05, 4.69) is 5.32 Å². The van der Waals surface area contributed by atoms with Gasteiger partial charge in [-0.2, -0.15) is 0 Å². The van der Waals surface area contributed by atoms with Gasteiger partial charge >= 0.3 is 0 Å². The summed E-state index contributed by atoms with van der Waals surface area (Å²) in [6.45, 7) is 0.139. The molecule has 2 atom stereocenters. The van der Waals surface area contributed by atoms with Crippen LogP contribution in [0.2, 0.25) is 0 Å². The topological polar surface area (TPSA) is 64.3 Å². The third-order valence-electron chi connectivity index (χ3n) is 2.89. The minimum absolute atomic E-state index is 0.0922. The van der Waals surface area contributed by atoms with Gasteiger partial charge in [0, 0.05) is 30.2 Å². The predicted molar refractivity (Wildman–Crippen MR) is 56.6 cm³/mol. The Labute approximate surface area is 96.7 Å². The summed E-state index contributed by atoms with van der Waals surface area (Å²) in [5.41, 5.74) is 5.42. The Hall–Kier alpha value is -1.69. The lowest BCUT2D eigenvalue weighted by Crippen LogP contribution is -2.33. The number of halogens is 2. The summed E-state index contributed by atoms with van der Waals surface area (Å²) >= 11 is 0. The Balaban J connectivity index is 2.42. The molecular weight excluding hydrogens is 230 g/mol. The molecule has 1 unspecified atom stereocenters. The Kier molecular flexibility index (Phi) is 2.97. The van der Waals surface area contributed by atoms with Gasteiger partial charge in [0.1, 0.15) is 17.4 Å². The molecule has 1 aromatic carbocycles. The number of benzene rings is 1. The van der Waals surface area contributed by atoms with Gasteiger partial charge < -0.3 is 15.8 Å². The average Bonchev–Trinajstić information content (AvgIpc) is 2.60. The summed E-state index contributed by atoms with van der Waals surface area (Å²) < 4.78 is 32.2. The van der Waals surface area contributed by atoms with E-state index in [1.165, 1.54) is 7.11 Å². The van der Waals surface area contributed by atoms with Crippen LogP contribution < -0.4 is 15.8 Å². The van der Waals surface area contributed by atoms with Crippen LogP contribution in [-0.2, 0) is 4.79 Å². The summed E-state index contributed by atoms with van der Waals surface area (Å²) in [5.74, 6) is -2.50. The minimum atomic E-state index is -0.924. The van der Waals surface area contributed by atoms with Crippen molar-refractivity contribution in [1.82, 2.24) is 5.32 Å². The molecule has 0 bridgehead atoms. The molecule has 3 N–H and O–H groups in total. The number of nitrogens with two attached hydrogens (primary N) is 1. The highest BCUT2D eigenvalue weighted by atomic mass is 19.1. The summed E-state index contributed by atoms with van der Waals surface area (Å²) in [6.07, 6.45) is 0. The highest BCUT2D eigenvalue weighted by Crippen LogP contribution is 2.30. The van der Waals surface area contributed by atoms with Crippen LogP contribution in [0, 0.1) is 11.6 Å². The highest BCUT2D eigenvalue weighted by Gasteiger charge is 2.36. The second kappa shape index (κ2) is 4.29. The van der Waals surface area contributed by atoms with E-state index >= 15 is 0 Å². The molecule has 1 fully saturated rings. The monoisotopic (exact) mass is 242 g/mol. The van der Waals surface area contributed by atoms with Crippen molar-refractivity contribution in [3.05, 3.63) is 29.3 Å². The zero-order chi connectivity index (χ0) is 12.6. The average molecular weight is 242 g/mol. The van der Waals surface area contributed by atoms with Crippen molar-refractivity contribution in [2.24, 2.45) is 5.73 Å². The number of carbonyl (C=O) groups excluding carboxylic acids is 1. The van der Waals surface area contributed by atoms with E-state index in [0.717, 1.165) is 12.1 Å². The normalized spacial score (nSPS) is 23.6. The molecule has 1 aliphatic heterocycles. The predicted octanol–water partition coefficient (Wildman–Crippen LogP) is 0.514. The standard InChI is InChI=1S/C11H12F2N2O2/c1-17-5-2-7(12)9(8(13)3-5)6-4-15-11(16)10(6)14/h2-3,6,10H,4,14H2,1H3,(H,15,16)/t6?,10-/m1/s1. The molecule has 1 amide bonds. The fourth-order valence-electron chi connectivity index (χ4n) is 1.95. The van der Waals surface area contributed by atoms with Gasteiger partial charge in [-0.05, 0) is 0 Å². The van der Waals surface area contributed by atoms with Crippen molar-refractivity contribution >= 4 is 5.91 Å². The summed E-state index contributed by atoms with van der Waals surface area (Å²) in [4.78, 5) is 11.2. The number of rotatable bonds is 2. The maximum Gasteiger partial charge on any atom is 0.237 e. The van der Waals surface area contributed by atoms with Crippen LogP contribution >= 0.6 is 0 Å². The SMILES string of the molecule is COc1cc(F)c(C2CNC(=O)[C@@H]2N)c(F)c1. The summed E-state index contributed by atoms with van der Waals surface area (Å²) in [7, 11) is 1.32. The van der Waals surface area contributed by atoms with Crippen molar-refractivity contribution in [2.75, 3.05) is 13.7 Å². The van der Waals surface area contributed by atoms with Crippen molar-refractivity contribution in [3.8, 4) is 5.75 Å². The first-order valence-electron chi connectivity index (χ1n) is 5.10. The largest absolute Gasteiger partial charge is 0.497 e. The van der Waals surface area contributed by atoms with E-state index < -0.39 is 29.5 Å². The van der Waals surface area contributed by atoms with Crippen molar-refractivity contribution < 1.29 is 18.3 Å². The maximum atomic E-state index is 13.7. The molecule has 1 heterocycles. The second-order valence-electron chi connectivity index (χ2n) is 3.88. The lowest BCUT2D eigenvalue weighted by atomic mass is 9.93. The van der Waals surface area contributed by atoms with Crippen LogP contribution in [-0.4, -0.2) is 25.6 Å². The fourth-order valence-corrected chi connectivity index (χ4v) is 1.95. The molecule has 1 saturated heterocycles. The molecule has 2 rings (SSSR count). The molecular formula is C11H12F2N2O2. The van der Waals surface area contributed by atoms with Gasteiger partial charge in [0.05, 0.1) is 13.2 Å². The second-order valence-corrected chi connectivity index (χ2v) is 3.88. The van der Waals surface area contributed by atoms with E-state index in [9.17, 15) is 13.6 Å². The van der Waals surface area contributed by atoms with E-state index in [1.807, 2.05) is 0 Å². The molecule has 0 aliphatic carbocycles. The van der Waals surface area contributed by atoms with Crippen LogP contribution in [0.15, 0.2) is 12.1 Å². The molecule has 0 saturated carbocycles. The van der Waals surface area contributed by atoms with Gasteiger partial charge in [0.15, 0.2) is 0 Å². The van der Waals surface area contributed by atoms with Gasteiger partial charge in [-0.25, -0.2) is 8.78 Å². The number of amides is 1. The number of nitrogens with one attached hydrogen (secondary N) is 1. The van der Waals surface area contributed by atoms with Gasteiger partial charge in [-0.15, -0.1) is 0 Å². The van der Waals surface area contributed by atoms with Gasteiger partial charge in [0.2, 0.25) is 5.91 Å². The van der Waals surface area contributed by atoms with Gasteiger partial charge in [0.25, 0.3) is 0 Å². The zero-order valence-electron chi connectivity index (χ0n) is 9.17. The van der Waals surface area contributed by atoms with Crippen LogP contribution in [0.5, 0.6) is 5.75 Å². The first kappa shape index (κ1) is 11.8. The summed E-state index contributed by atoms with van der Waals surface area (Å²) in [5, 5.41) is 2.47. The number of carbonyl (C=O) groups is 1. The third kappa shape index (κ3) is 1.95. The van der Waals surface area contributed by atoms with Gasteiger partial charge in [-0.1, -0.05) is 0 Å². The molecule has 0 spiro atoms. The quantitative estimate of drug-likeness (QED) is 0.794. The third-order valence-corrected chi connectivity index (χ3v) is 2.89. The van der Waals surface area contributed by atoms with Crippen molar-refractivity contribution in [2.45, 2.75) is 12.0 Å². The number of hydrogen-bond donors (Lipinski definition) is 2. The Morgan fingerprint density at radius 1 is 1.41 bits per heavy atom. The highest BCUT2D eigenvalue weighted by molar-refractivity contribution is 5.85. The molecule has 1 aromatic rings. The van der Waals surface area contributed by atoms with E-state index in [0.29, 0.717) is 0 Å². The number of methoxy groups -OCH3 is 1. The zero-order valence-corrected chi connectivity index (χ0v) is 9.17. The molecule has 17 heavy (non-hydrogen) atoms. The van der Waals surface area contributed by atoms with Crippen LogP contribution in [0.4, 0.5) is 8.78 Å². The smallest absolute Gasteiger partial charge is 0.237 e. The van der Waals surface area contributed by atoms with E-state index in [4.69, 9.17) is 10.5 Å². The molecule has 4 nitrogen and oxygen atoms in total. The van der Waals surface area contributed by atoms with E-state index in [1.54, 1.807) is 0 Å². The summed E-state index contributed by atoms with van der Waals surface area (Å²) in [6, 6.07) is 1.23. The molecule has 0 aromatic heterocycles. The lowest BCUT2D eigenvalue weighted by molar-refractivity contribution is -0.120. The Morgan fingerprint density at radius 2 is 2.00 bits per heavy atom. The lowest BCUT2D eigenvalue weighted by Gasteiger charge is -2.15. The Bertz CT molecular complexity index is 442. The molecule has 1 aliphatic rings. The number of ether oxygens (including phenoxy) is 1. The van der Waals surface area contributed by atoms with E-state index in [-0.39, 0.29) is 17.9 Å². The van der Waals surface area contributed by atoms with Crippen LogP contribution in [0.25, 0.3) is 0 Å². The van der Waals surface area contributed by atoms with Crippen LogP contribution in [0.1, 0.15) is 11.5 Å².